The molecule has 2 aromatic rings. The van der Waals surface area contributed by atoms with Gasteiger partial charge in [-0.3, -0.25) is 0 Å². The van der Waals surface area contributed by atoms with E-state index in [0.29, 0.717) is 5.56 Å². The SMILES string of the molecule is CC(C)=CCn1ccc2ccc(C#N)cc21. The Balaban J connectivity index is 2.47. The molecule has 0 saturated heterocycles. The number of nitriles is 1. The van der Waals surface area contributed by atoms with Crippen LogP contribution in [0.5, 0.6) is 0 Å². The van der Waals surface area contributed by atoms with E-state index in [2.05, 4.69) is 42.8 Å². The van der Waals surface area contributed by atoms with Gasteiger partial charge >= 0.3 is 0 Å². The van der Waals surface area contributed by atoms with E-state index in [1.54, 1.807) is 0 Å². The van der Waals surface area contributed by atoms with E-state index in [1.807, 2.05) is 18.2 Å². The van der Waals surface area contributed by atoms with Crippen LogP contribution in [0, 0.1) is 11.3 Å². The molecule has 0 aliphatic heterocycles. The predicted molar refractivity (Wildman–Crippen MR) is 66.1 cm³/mol. The second kappa shape index (κ2) is 4.24. The molecule has 80 valence electrons. The van der Waals surface area contributed by atoms with Crippen molar-refractivity contribution in [1.82, 2.24) is 4.57 Å². The van der Waals surface area contributed by atoms with Crippen LogP contribution in [0.25, 0.3) is 10.9 Å². The third-order valence-corrected chi connectivity index (χ3v) is 2.60. The molecule has 0 radical (unpaired) electrons. The Labute approximate surface area is 95.4 Å². The minimum atomic E-state index is 0.713. The van der Waals surface area contributed by atoms with Gasteiger partial charge in [0.2, 0.25) is 0 Å². The zero-order valence-electron chi connectivity index (χ0n) is 9.57. The maximum Gasteiger partial charge on any atom is 0.0992 e. The molecule has 2 rings (SSSR count). The van der Waals surface area contributed by atoms with Gasteiger partial charge in [-0.2, -0.15) is 5.26 Å². The molecule has 0 spiro atoms. The number of aromatic nitrogens is 1. The fourth-order valence-electron chi connectivity index (χ4n) is 1.69. The van der Waals surface area contributed by atoms with Crippen molar-refractivity contribution >= 4 is 10.9 Å². The first-order valence-corrected chi connectivity index (χ1v) is 5.33. The molecule has 2 nitrogen and oxygen atoms in total. The molecule has 16 heavy (non-hydrogen) atoms. The van der Waals surface area contributed by atoms with Crippen molar-refractivity contribution in [2.75, 3.05) is 0 Å². The number of rotatable bonds is 2. The molecular weight excluding hydrogens is 196 g/mol. The molecule has 0 aliphatic carbocycles. The third-order valence-electron chi connectivity index (χ3n) is 2.60. The summed E-state index contributed by atoms with van der Waals surface area (Å²) < 4.78 is 2.16. The summed E-state index contributed by atoms with van der Waals surface area (Å²) in [5.41, 5.74) is 3.14. The van der Waals surface area contributed by atoms with Gasteiger partial charge in [0.1, 0.15) is 0 Å². The standard InChI is InChI=1S/C14H14N2/c1-11(2)5-7-16-8-6-13-4-3-12(10-15)9-14(13)16/h3-6,8-9H,7H2,1-2H3. The van der Waals surface area contributed by atoms with E-state index in [1.165, 1.54) is 11.0 Å². The Kier molecular flexibility index (Phi) is 2.78. The number of allylic oxidation sites excluding steroid dienone is 2. The van der Waals surface area contributed by atoms with E-state index < -0.39 is 0 Å². The molecular formula is C14H14N2. The van der Waals surface area contributed by atoms with Gasteiger partial charge in [-0.15, -0.1) is 0 Å². The first-order chi connectivity index (χ1) is 7.70. The zero-order valence-corrected chi connectivity index (χ0v) is 9.57. The van der Waals surface area contributed by atoms with Crippen LogP contribution in [0.1, 0.15) is 19.4 Å². The highest BCUT2D eigenvalue weighted by Crippen LogP contribution is 2.17. The van der Waals surface area contributed by atoms with Gasteiger partial charge in [-0.05, 0) is 37.4 Å². The Hall–Kier alpha value is -2.01. The lowest BCUT2D eigenvalue weighted by molar-refractivity contribution is 0.856. The molecule has 2 heteroatoms. The summed E-state index contributed by atoms with van der Waals surface area (Å²) in [7, 11) is 0. The Morgan fingerprint density at radius 2 is 2.19 bits per heavy atom. The summed E-state index contributed by atoms with van der Waals surface area (Å²) in [4.78, 5) is 0. The number of nitrogens with zero attached hydrogens (tertiary/aromatic N) is 2. The maximum absolute atomic E-state index is 8.87. The van der Waals surface area contributed by atoms with Gasteiger partial charge in [0.15, 0.2) is 0 Å². The van der Waals surface area contributed by atoms with E-state index in [0.717, 1.165) is 12.1 Å². The van der Waals surface area contributed by atoms with Crippen molar-refractivity contribution < 1.29 is 0 Å². The highest BCUT2D eigenvalue weighted by molar-refractivity contribution is 5.81. The smallest absolute Gasteiger partial charge is 0.0992 e. The summed E-state index contributed by atoms with van der Waals surface area (Å²) >= 11 is 0. The molecule has 1 aromatic heterocycles. The van der Waals surface area contributed by atoms with E-state index in [4.69, 9.17) is 5.26 Å². The Morgan fingerprint density at radius 3 is 2.88 bits per heavy atom. The number of benzene rings is 1. The number of fused-ring (bicyclic) bond motifs is 1. The van der Waals surface area contributed by atoms with E-state index in [9.17, 15) is 0 Å². The molecule has 0 bridgehead atoms. The van der Waals surface area contributed by atoms with Crippen LogP contribution in [0.2, 0.25) is 0 Å². The lowest BCUT2D eigenvalue weighted by Crippen LogP contribution is -1.93. The van der Waals surface area contributed by atoms with Crippen molar-refractivity contribution in [2.24, 2.45) is 0 Å². The van der Waals surface area contributed by atoms with Crippen molar-refractivity contribution in [3.63, 3.8) is 0 Å². The minimum Gasteiger partial charge on any atom is -0.344 e. The largest absolute Gasteiger partial charge is 0.344 e. The topological polar surface area (TPSA) is 28.7 Å². The summed E-state index contributed by atoms with van der Waals surface area (Å²) in [6.45, 7) is 5.04. The van der Waals surface area contributed by atoms with Crippen LogP contribution < -0.4 is 0 Å². The fourth-order valence-corrected chi connectivity index (χ4v) is 1.69. The molecule has 1 aromatic carbocycles. The molecule has 0 amide bonds. The highest BCUT2D eigenvalue weighted by Gasteiger charge is 2.00. The minimum absolute atomic E-state index is 0.713. The molecule has 0 atom stereocenters. The van der Waals surface area contributed by atoms with Gasteiger partial charge < -0.3 is 4.57 Å². The summed E-state index contributed by atoms with van der Waals surface area (Å²) in [6.07, 6.45) is 4.24. The van der Waals surface area contributed by atoms with Crippen molar-refractivity contribution in [3.8, 4) is 6.07 Å². The number of hydrogen-bond donors (Lipinski definition) is 0. The molecule has 0 unspecified atom stereocenters. The summed E-state index contributed by atoms with van der Waals surface area (Å²) in [5, 5.41) is 10.1. The fraction of sp³-hybridized carbons (Fsp3) is 0.214. The summed E-state index contributed by atoms with van der Waals surface area (Å²) in [6, 6.07) is 10.0. The molecule has 0 fully saturated rings. The first kappa shape index (κ1) is 10.5. The van der Waals surface area contributed by atoms with E-state index in [-0.39, 0.29) is 0 Å². The highest BCUT2D eigenvalue weighted by atomic mass is 14.9. The lowest BCUT2D eigenvalue weighted by Gasteiger charge is -2.02. The predicted octanol–water partition coefficient (Wildman–Crippen LogP) is 3.48. The molecule has 0 saturated carbocycles. The van der Waals surface area contributed by atoms with Gasteiger partial charge in [0, 0.05) is 18.3 Å². The first-order valence-electron chi connectivity index (χ1n) is 5.33. The Bertz CT molecular complexity index is 578. The average molecular weight is 210 g/mol. The molecule has 0 aliphatic rings. The summed E-state index contributed by atoms with van der Waals surface area (Å²) in [5.74, 6) is 0. The van der Waals surface area contributed by atoms with Crippen LogP contribution in [0.15, 0.2) is 42.1 Å². The third kappa shape index (κ3) is 1.99. The maximum atomic E-state index is 8.87. The van der Waals surface area contributed by atoms with Gasteiger partial charge in [0.25, 0.3) is 0 Å². The van der Waals surface area contributed by atoms with Crippen LogP contribution >= 0.6 is 0 Å². The average Bonchev–Trinajstić information content (AvgIpc) is 2.68. The van der Waals surface area contributed by atoms with Gasteiger partial charge in [-0.1, -0.05) is 17.7 Å². The second-order valence-corrected chi connectivity index (χ2v) is 4.13. The van der Waals surface area contributed by atoms with Crippen molar-refractivity contribution in [1.29, 1.82) is 5.26 Å². The quantitative estimate of drug-likeness (QED) is 0.697. The van der Waals surface area contributed by atoms with Crippen molar-refractivity contribution in [2.45, 2.75) is 20.4 Å². The second-order valence-electron chi connectivity index (χ2n) is 4.13. The number of hydrogen-bond acceptors (Lipinski definition) is 1. The zero-order chi connectivity index (χ0) is 11.5. The van der Waals surface area contributed by atoms with Crippen LogP contribution in [-0.4, -0.2) is 4.57 Å². The monoisotopic (exact) mass is 210 g/mol. The molecule has 0 N–H and O–H groups in total. The van der Waals surface area contributed by atoms with E-state index >= 15 is 0 Å². The Morgan fingerprint density at radius 1 is 1.38 bits per heavy atom. The normalized spacial score (nSPS) is 10.1. The van der Waals surface area contributed by atoms with Crippen LogP contribution in [-0.2, 0) is 6.54 Å². The van der Waals surface area contributed by atoms with Crippen LogP contribution in [0.3, 0.4) is 0 Å². The lowest BCUT2D eigenvalue weighted by atomic mass is 10.2. The van der Waals surface area contributed by atoms with Gasteiger partial charge in [0.05, 0.1) is 11.6 Å². The van der Waals surface area contributed by atoms with Crippen molar-refractivity contribution in [3.05, 3.63) is 47.7 Å². The van der Waals surface area contributed by atoms with Gasteiger partial charge in [-0.25, -0.2) is 0 Å². The molecule has 1 heterocycles. The van der Waals surface area contributed by atoms with Crippen LogP contribution in [0.4, 0.5) is 0 Å².